The summed E-state index contributed by atoms with van der Waals surface area (Å²) >= 11 is 10.1. The molecule has 0 spiro atoms. The molecule has 1 amide bonds. The van der Waals surface area contributed by atoms with Gasteiger partial charge in [-0.3, -0.25) is 10.2 Å². The molecule has 0 aliphatic rings. The van der Waals surface area contributed by atoms with Crippen molar-refractivity contribution in [1.29, 1.82) is 5.41 Å². The number of carbonyl (C=O) groups excluding carboxylic acids is 1. The highest BCUT2D eigenvalue weighted by molar-refractivity contribution is 9.10. The van der Waals surface area contributed by atoms with E-state index in [1.54, 1.807) is 12.1 Å². The molecular formula is C23H15BrClFN6O. The van der Waals surface area contributed by atoms with Crippen LogP contribution in [0, 0.1) is 11.2 Å². The van der Waals surface area contributed by atoms with Crippen LogP contribution in [0.3, 0.4) is 0 Å². The number of aromatic nitrogens is 1. The molecule has 164 valence electrons. The first-order valence-corrected chi connectivity index (χ1v) is 10.7. The van der Waals surface area contributed by atoms with E-state index in [1.165, 1.54) is 12.1 Å². The molecule has 0 saturated heterocycles. The number of rotatable bonds is 4. The molecule has 0 aliphatic carbocycles. The fourth-order valence-corrected chi connectivity index (χ4v) is 3.99. The fraction of sp³-hybridized carbons (Fsp3) is 0. The van der Waals surface area contributed by atoms with E-state index in [2.05, 4.69) is 36.6 Å². The SMILES string of the molecule is N=C(N=NN)c1ccc(NC(=O)c2c(Cl)c(-c3ccccc3)nc3ccc(Br)cc23)c(F)c1. The zero-order valence-corrected chi connectivity index (χ0v) is 19.2. The van der Waals surface area contributed by atoms with Gasteiger partial charge in [0, 0.05) is 21.0 Å². The molecule has 0 saturated carbocycles. The number of fused-ring (bicyclic) bond motifs is 1. The highest BCUT2D eigenvalue weighted by Gasteiger charge is 2.22. The molecule has 0 bridgehead atoms. The number of carbonyl (C=O) groups is 1. The predicted octanol–water partition coefficient (Wildman–Crippen LogP) is 6.36. The number of hydrogen-bond acceptors (Lipinski definition) is 4. The molecule has 4 rings (SSSR count). The number of halogens is 3. The number of nitrogens with zero attached hydrogens (tertiary/aromatic N) is 3. The second-order valence-corrected chi connectivity index (χ2v) is 8.18. The number of hydrogen-bond donors (Lipinski definition) is 3. The van der Waals surface area contributed by atoms with Crippen molar-refractivity contribution in [1.82, 2.24) is 4.98 Å². The lowest BCUT2D eigenvalue weighted by Gasteiger charge is -2.14. The van der Waals surface area contributed by atoms with Gasteiger partial charge in [-0.05, 0) is 36.4 Å². The van der Waals surface area contributed by atoms with Crippen LogP contribution in [0.5, 0.6) is 0 Å². The van der Waals surface area contributed by atoms with E-state index in [4.69, 9.17) is 22.9 Å². The molecule has 33 heavy (non-hydrogen) atoms. The quantitative estimate of drug-likeness (QED) is 0.0946. The molecule has 0 unspecified atom stereocenters. The van der Waals surface area contributed by atoms with Crippen molar-refractivity contribution in [3.63, 3.8) is 0 Å². The molecule has 4 aromatic rings. The van der Waals surface area contributed by atoms with E-state index in [9.17, 15) is 9.18 Å². The molecule has 3 aromatic carbocycles. The van der Waals surface area contributed by atoms with E-state index in [0.717, 1.165) is 16.1 Å². The maximum Gasteiger partial charge on any atom is 0.258 e. The number of amidine groups is 1. The summed E-state index contributed by atoms with van der Waals surface area (Å²) in [6, 6.07) is 18.4. The van der Waals surface area contributed by atoms with Crippen LogP contribution in [0.4, 0.5) is 10.1 Å². The average molecular weight is 526 g/mol. The minimum Gasteiger partial charge on any atom is -0.319 e. The number of amides is 1. The molecule has 0 atom stereocenters. The lowest BCUT2D eigenvalue weighted by molar-refractivity contribution is 0.102. The van der Waals surface area contributed by atoms with Crippen molar-refractivity contribution in [3.05, 3.63) is 93.2 Å². The third-order valence-corrected chi connectivity index (χ3v) is 5.67. The molecule has 1 aromatic heterocycles. The monoisotopic (exact) mass is 524 g/mol. The topological polar surface area (TPSA) is 117 Å². The van der Waals surface area contributed by atoms with E-state index in [1.807, 2.05) is 36.4 Å². The van der Waals surface area contributed by atoms with E-state index < -0.39 is 11.7 Å². The van der Waals surface area contributed by atoms with Crippen LogP contribution in [0.25, 0.3) is 22.2 Å². The number of anilines is 1. The van der Waals surface area contributed by atoms with E-state index in [-0.39, 0.29) is 27.7 Å². The summed E-state index contributed by atoms with van der Waals surface area (Å²) in [5.41, 5.74) is 1.97. The molecule has 4 N–H and O–H groups in total. The van der Waals surface area contributed by atoms with Crippen LogP contribution in [0.2, 0.25) is 5.02 Å². The fourth-order valence-electron chi connectivity index (χ4n) is 3.29. The minimum atomic E-state index is -0.753. The van der Waals surface area contributed by atoms with Gasteiger partial charge in [-0.15, -0.1) is 5.11 Å². The molecular weight excluding hydrogens is 511 g/mol. The molecule has 0 aliphatic heterocycles. The van der Waals surface area contributed by atoms with Gasteiger partial charge in [0.15, 0.2) is 5.84 Å². The summed E-state index contributed by atoms with van der Waals surface area (Å²) in [4.78, 5) is 18.0. The van der Waals surface area contributed by atoms with Crippen LogP contribution in [0.1, 0.15) is 15.9 Å². The van der Waals surface area contributed by atoms with Crippen molar-refractivity contribution in [2.75, 3.05) is 5.32 Å². The highest BCUT2D eigenvalue weighted by Crippen LogP contribution is 2.35. The van der Waals surface area contributed by atoms with Gasteiger partial charge < -0.3 is 11.2 Å². The normalized spacial score (nSPS) is 11.1. The van der Waals surface area contributed by atoms with Crippen molar-refractivity contribution < 1.29 is 9.18 Å². The van der Waals surface area contributed by atoms with Crippen molar-refractivity contribution in [2.24, 2.45) is 16.2 Å². The van der Waals surface area contributed by atoms with Gasteiger partial charge in [0.2, 0.25) is 0 Å². The number of nitrogens with two attached hydrogens (primary N) is 1. The van der Waals surface area contributed by atoms with Gasteiger partial charge >= 0.3 is 0 Å². The molecule has 7 nitrogen and oxygen atoms in total. The summed E-state index contributed by atoms with van der Waals surface area (Å²) in [7, 11) is 0. The van der Waals surface area contributed by atoms with Crippen LogP contribution in [-0.2, 0) is 0 Å². The van der Waals surface area contributed by atoms with Gasteiger partial charge in [-0.2, -0.15) is 0 Å². The standard InChI is InChI=1S/C23H15BrClFN6O/c24-14-7-9-17-15(11-14)19(20(25)21(29-17)12-4-2-1-3-5-12)23(33)30-18-8-6-13(10-16(18)26)22(27)31-32-28/h1-11H,(H,30,33)(H3,27,28,31). The zero-order valence-electron chi connectivity index (χ0n) is 16.8. The van der Waals surface area contributed by atoms with Crippen LogP contribution in [-0.4, -0.2) is 16.7 Å². The Morgan fingerprint density at radius 2 is 1.88 bits per heavy atom. The Kier molecular flexibility index (Phi) is 6.43. The Balaban J connectivity index is 1.80. The first-order chi connectivity index (χ1) is 15.9. The molecule has 10 heteroatoms. The third-order valence-electron chi connectivity index (χ3n) is 4.81. The van der Waals surface area contributed by atoms with Gasteiger partial charge in [-0.25, -0.2) is 9.37 Å². The zero-order chi connectivity index (χ0) is 23.5. The molecule has 0 fully saturated rings. The summed E-state index contributed by atoms with van der Waals surface area (Å²) in [5.74, 6) is 3.27. The lowest BCUT2D eigenvalue weighted by Crippen LogP contribution is -2.15. The van der Waals surface area contributed by atoms with Crippen molar-refractivity contribution in [2.45, 2.75) is 0 Å². The first kappa shape index (κ1) is 22.5. The van der Waals surface area contributed by atoms with E-state index >= 15 is 0 Å². The highest BCUT2D eigenvalue weighted by atomic mass is 79.9. The minimum absolute atomic E-state index is 0.0847. The Morgan fingerprint density at radius 1 is 1.12 bits per heavy atom. The Morgan fingerprint density at radius 3 is 2.58 bits per heavy atom. The van der Waals surface area contributed by atoms with Gasteiger partial charge in [-0.1, -0.05) is 63.1 Å². The summed E-state index contributed by atoms with van der Waals surface area (Å²) in [6.07, 6.45) is 0. The Bertz CT molecular complexity index is 1430. The van der Waals surface area contributed by atoms with Crippen LogP contribution in [0.15, 0.2) is 81.5 Å². The molecule has 0 radical (unpaired) electrons. The number of benzene rings is 3. The third kappa shape index (κ3) is 4.59. The maximum atomic E-state index is 14.7. The summed E-state index contributed by atoms with van der Waals surface area (Å²) in [6.45, 7) is 0. The second kappa shape index (κ2) is 9.43. The smallest absolute Gasteiger partial charge is 0.258 e. The lowest BCUT2D eigenvalue weighted by atomic mass is 10.0. The molecule has 1 heterocycles. The van der Waals surface area contributed by atoms with Gasteiger partial charge in [0.05, 0.1) is 27.5 Å². The van der Waals surface area contributed by atoms with Gasteiger partial charge in [0.25, 0.3) is 5.91 Å². The van der Waals surface area contributed by atoms with E-state index in [0.29, 0.717) is 16.6 Å². The number of nitrogens with one attached hydrogen (secondary N) is 2. The first-order valence-electron chi connectivity index (χ1n) is 9.54. The Hall–Kier alpha value is -3.69. The number of pyridine rings is 1. The predicted molar refractivity (Wildman–Crippen MR) is 130 cm³/mol. The Labute approximate surface area is 201 Å². The average Bonchev–Trinajstić information content (AvgIpc) is 2.80. The van der Waals surface area contributed by atoms with Crippen molar-refractivity contribution >= 4 is 55.9 Å². The summed E-state index contributed by atoms with van der Waals surface area (Å²) < 4.78 is 15.4. The second-order valence-electron chi connectivity index (χ2n) is 6.89. The maximum absolute atomic E-state index is 14.7. The van der Waals surface area contributed by atoms with Crippen LogP contribution < -0.4 is 11.2 Å². The van der Waals surface area contributed by atoms with Gasteiger partial charge in [0.1, 0.15) is 5.82 Å². The largest absolute Gasteiger partial charge is 0.319 e. The van der Waals surface area contributed by atoms with Crippen molar-refractivity contribution in [3.8, 4) is 11.3 Å². The van der Waals surface area contributed by atoms with Crippen LogP contribution >= 0.6 is 27.5 Å². The summed E-state index contributed by atoms with van der Waals surface area (Å²) in [5, 5.41) is 17.3.